The van der Waals surface area contributed by atoms with E-state index in [0.29, 0.717) is 17.6 Å². The van der Waals surface area contributed by atoms with Crippen molar-refractivity contribution in [3.8, 4) is 0 Å². The zero-order chi connectivity index (χ0) is 14.5. The van der Waals surface area contributed by atoms with Crippen molar-refractivity contribution in [3.05, 3.63) is 23.0 Å². The average molecular weight is 276 g/mol. The lowest BCUT2D eigenvalue weighted by Crippen LogP contribution is -2.37. The van der Waals surface area contributed by atoms with Gasteiger partial charge in [-0.2, -0.15) is 0 Å². The SMILES string of the molecule is CCOC1CC(n2c(C)cc3c2CC(C)(C)CC3N)C1. The Labute approximate surface area is 122 Å². The van der Waals surface area contributed by atoms with Crippen LogP contribution in [0.5, 0.6) is 0 Å². The van der Waals surface area contributed by atoms with Gasteiger partial charge in [0.15, 0.2) is 0 Å². The molecule has 0 saturated heterocycles. The molecule has 0 spiro atoms. The van der Waals surface area contributed by atoms with E-state index in [9.17, 15) is 0 Å². The third kappa shape index (κ3) is 2.31. The highest BCUT2D eigenvalue weighted by Gasteiger charge is 2.38. The first-order chi connectivity index (χ1) is 9.41. The van der Waals surface area contributed by atoms with E-state index in [-0.39, 0.29) is 6.04 Å². The Balaban J connectivity index is 1.86. The van der Waals surface area contributed by atoms with Crippen molar-refractivity contribution in [2.75, 3.05) is 6.61 Å². The minimum Gasteiger partial charge on any atom is -0.378 e. The molecule has 3 heteroatoms. The number of aryl methyl sites for hydroxylation is 1. The first-order valence-electron chi connectivity index (χ1n) is 7.99. The quantitative estimate of drug-likeness (QED) is 0.917. The molecule has 1 fully saturated rings. The topological polar surface area (TPSA) is 40.2 Å². The van der Waals surface area contributed by atoms with Crippen LogP contribution >= 0.6 is 0 Å². The molecule has 1 aromatic rings. The van der Waals surface area contributed by atoms with Gasteiger partial charge >= 0.3 is 0 Å². The fourth-order valence-electron chi connectivity index (χ4n) is 4.10. The van der Waals surface area contributed by atoms with Gasteiger partial charge in [0.1, 0.15) is 0 Å². The number of hydrogen-bond donors (Lipinski definition) is 1. The van der Waals surface area contributed by atoms with Gasteiger partial charge in [-0.3, -0.25) is 0 Å². The third-order valence-corrected chi connectivity index (χ3v) is 5.02. The second-order valence-corrected chi connectivity index (χ2v) is 7.41. The average Bonchev–Trinajstić information content (AvgIpc) is 2.59. The van der Waals surface area contributed by atoms with Crippen molar-refractivity contribution in [2.45, 2.75) is 71.6 Å². The van der Waals surface area contributed by atoms with Gasteiger partial charge in [0.05, 0.1) is 6.10 Å². The van der Waals surface area contributed by atoms with Crippen molar-refractivity contribution in [1.29, 1.82) is 0 Å². The lowest BCUT2D eigenvalue weighted by Gasteiger charge is -2.40. The van der Waals surface area contributed by atoms with E-state index in [0.717, 1.165) is 32.3 Å². The predicted molar refractivity (Wildman–Crippen MR) is 81.9 cm³/mol. The van der Waals surface area contributed by atoms with Crippen LogP contribution in [0.4, 0.5) is 0 Å². The van der Waals surface area contributed by atoms with Gasteiger partial charge in [0, 0.05) is 30.1 Å². The molecule has 0 amide bonds. The normalized spacial score (nSPS) is 31.8. The van der Waals surface area contributed by atoms with Crippen LogP contribution in [0.2, 0.25) is 0 Å². The van der Waals surface area contributed by atoms with Gasteiger partial charge in [0.25, 0.3) is 0 Å². The molecule has 0 aromatic carbocycles. The Morgan fingerprint density at radius 1 is 1.40 bits per heavy atom. The molecule has 1 heterocycles. The second kappa shape index (κ2) is 4.88. The van der Waals surface area contributed by atoms with Gasteiger partial charge < -0.3 is 15.0 Å². The van der Waals surface area contributed by atoms with Crippen LogP contribution < -0.4 is 5.73 Å². The van der Waals surface area contributed by atoms with Crippen LogP contribution in [0.25, 0.3) is 0 Å². The first-order valence-corrected chi connectivity index (χ1v) is 7.99. The number of nitrogens with two attached hydrogens (primary N) is 1. The molecule has 3 nitrogen and oxygen atoms in total. The smallest absolute Gasteiger partial charge is 0.0614 e. The Bertz CT molecular complexity index is 497. The zero-order valence-electron chi connectivity index (χ0n) is 13.3. The van der Waals surface area contributed by atoms with Crippen LogP contribution in [0.3, 0.4) is 0 Å². The molecule has 1 unspecified atom stereocenters. The van der Waals surface area contributed by atoms with E-state index >= 15 is 0 Å². The minimum atomic E-state index is 0.205. The largest absolute Gasteiger partial charge is 0.378 e. The number of ether oxygens (including phenoxy) is 1. The summed E-state index contributed by atoms with van der Waals surface area (Å²) in [5.41, 5.74) is 11.0. The van der Waals surface area contributed by atoms with Gasteiger partial charge in [-0.25, -0.2) is 0 Å². The number of aromatic nitrogens is 1. The molecule has 0 aliphatic heterocycles. The van der Waals surface area contributed by atoms with E-state index in [2.05, 4.69) is 38.3 Å². The van der Waals surface area contributed by atoms with Crippen LogP contribution in [-0.2, 0) is 11.2 Å². The number of hydrogen-bond acceptors (Lipinski definition) is 2. The minimum absolute atomic E-state index is 0.205. The third-order valence-electron chi connectivity index (χ3n) is 5.02. The molecule has 2 N–H and O–H groups in total. The summed E-state index contributed by atoms with van der Waals surface area (Å²) in [5.74, 6) is 0. The van der Waals surface area contributed by atoms with Crippen molar-refractivity contribution >= 4 is 0 Å². The second-order valence-electron chi connectivity index (χ2n) is 7.41. The van der Waals surface area contributed by atoms with Crippen LogP contribution in [0.1, 0.15) is 69.1 Å². The summed E-state index contributed by atoms with van der Waals surface area (Å²) in [5, 5.41) is 0. The molecular formula is C17H28N2O. The summed E-state index contributed by atoms with van der Waals surface area (Å²) >= 11 is 0. The molecule has 0 radical (unpaired) electrons. The number of nitrogens with zero attached hydrogens (tertiary/aromatic N) is 1. The van der Waals surface area contributed by atoms with Crippen LogP contribution in [0, 0.1) is 12.3 Å². The molecule has 2 aliphatic carbocycles. The van der Waals surface area contributed by atoms with E-state index in [1.165, 1.54) is 17.0 Å². The molecule has 0 bridgehead atoms. The monoisotopic (exact) mass is 276 g/mol. The van der Waals surface area contributed by atoms with E-state index < -0.39 is 0 Å². The summed E-state index contributed by atoms with van der Waals surface area (Å²) in [7, 11) is 0. The van der Waals surface area contributed by atoms with E-state index in [1.807, 2.05) is 0 Å². The maximum Gasteiger partial charge on any atom is 0.0614 e. The summed E-state index contributed by atoms with van der Waals surface area (Å²) < 4.78 is 8.28. The maximum absolute atomic E-state index is 6.40. The van der Waals surface area contributed by atoms with Crippen molar-refractivity contribution in [1.82, 2.24) is 4.57 Å². The molecule has 2 aliphatic rings. The molecule has 20 heavy (non-hydrogen) atoms. The fraction of sp³-hybridized carbons (Fsp3) is 0.765. The number of rotatable bonds is 3. The Morgan fingerprint density at radius 2 is 2.10 bits per heavy atom. The molecule has 3 rings (SSSR count). The van der Waals surface area contributed by atoms with Gasteiger partial charge in [0.2, 0.25) is 0 Å². The van der Waals surface area contributed by atoms with E-state index in [4.69, 9.17) is 10.5 Å². The van der Waals surface area contributed by atoms with Crippen LogP contribution in [-0.4, -0.2) is 17.3 Å². The summed E-state index contributed by atoms with van der Waals surface area (Å²) in [6.07, 6.45) is 5.03. The predicted octanol–water partition coefficient (Wildman–Crippen LogP) is 3.51. The molecule has 1 atom stereocenters. The summed E-state index contributed by atoms with van der Waals surface area (Å²) in [6, 6.07) is 3.15. The lowest BCUT2D eigenvalue weighted by atomic mass is 9.74. The Morgan fingerprint density at radius 3 is 2.75 bits per heavy atom. The maximum atomic E-state index is 6.40. The Kier molecular flexibility index (Phi) is 3.46. The summed E-state index contributed by atoms with van der Waals surface area (Å²) in [6.45, 7) is 9.82. The highest BCUT2D eigenvalue weighted by atomic mass is 16.5. The van der Waals surface area contributed by atoms with Crippen molar-refractivity contribution in [3.63, 3.8) is 0 Å². The molecular weight excluding hydrogens is 248 g/mol. The van der Waals surface area contributed by atoms with Crippen molar-refractivity contribution < 1.29 is 4.74 Å². The van der Waals surface area contributed by atoms with Crippen molar-refractivity contribution in [2.24, 2.45) is 11.1 Å². The van der Waals surface area contributed by atoms with E-state index in [1.54, 1.807) is 0 Å². The number of fused-ring (bicyclic) bond motifs is 1. The van der Waals surface area contributed by atoms with Crippen LogP contribution in [0.15, 0.2) is 6.07 Å². The van der Waals surface area contributed by atoms with Gasteiger partial charge in [-0.05, 0) is 56.6 Å². The highest BCUT2D eigenvalue weighted by molar-refractivity contribution is 5.35. The molecule has 1 aromatic heterocycles. The lowest BCUT2D eigenvalue weighted by molar-refractivity contribution is -0.0210. The first kappa shape index (κ1) is 14.2. The standard InChI is InChI=1S/C17H28N2O/c1-5-20-13-7-12(8-13)19-11(2)6-14-15(18)9-17(3,4)10-16(14)19/h6,12-13,15H,5,7-10,18H2,1-4H3. The molecule has 1 saturated carbocycles. The Hall–Kier alpha value is -0.800. The fourth-order valence-corrected chi connectivity index (χ4v) is 4.10. The highest BCUT2D eigenvalue weighted by Crippen LogP contribution is 2.45. The van der Waals surface area contributed by atoms with Gasteiger partial charge in [-0.15, -0.1) is 0 Å². The molecule has 112 valence electrons. The summed E-state index contributed by atoms with van der Waals surface area (Å²) in [4.78, 5) is 0. The zero-order valence-corrected chi connectivity index (χ0v) is 13.3. The van der Waals surface area contributed by atoms with Gasteiger partial charge in [-0.1, -0.05) is 13.8 Å².